The van der Waals surface area contributed by atoms with Gasteiger partial charge in [-0.15, -0.1) is 0 Å². The number of ether oxygens (including phenoxy) is 2. The van der Waals surface area contributed by atoms with Crippen molar-refractivity contribution >= 4 is 38.1 Å². The maximum Gasteiger partial charge on any atom is 0.340 e. The highest BCUT2D eigenvalue weighted by molar-refractivity contribution is 7.70. The van der Waals surface area contributed by atoms with Gasteiger partial charge < -0.3 is 49.1 Å². The first-order valence-electron chi connectivity index (χ1n) is 12.2. The Balaban J connectivity index is 1.60. The molecule has 0 radical (unpaired) electrons. The average molecular weight is 602 g/mol. The van der Waals surface area contributed by atoms with E-state index in [-0.39, 0.29) is 5.65 Å². The highest BCUT2D eigenvalue weighted by atomic mass is 31.2. The van der Waals surface area contributed by atoms with E-state index in [4.69, 9.17) is 23.8 Å². The predicted octanol–water partition coefficient (Wildman–Crippen LogP) is 0.479. The molecule has 40 heavy (non-hydrogen) atoms. The van der Waals surface area contributed by atoms with Crippen molar-refractivity contribution in [2.75, 3.05) is 56.1 Å². The van der Waals surface area contributed by atoms with Gasteiger partial charge in [-0.1, -0.05) is 30.3 Å². The Labute approximate surface area is 229 Å². The molecule has 3 heterocycles. The van der Waals surface area contributed by atoms with Crippen LogP contribution in [0.5, 0.6) is 0 Å². The van der Waals surface area contributed by atoms with Gasteiger partial charge in [0.25, 0.3) is 0 Å². The quantitative estimate of drug-likeness (QED) is 0.146. The molecule has 1 aliphatic heterocycles. The Bertz CT molecular complexity index is 1370. The number of aromatic nitrogens is 4. The van der Waals surface area contributed by atoms with Crippen LogP contribution in [0.2, 0.25) is 0 Å². The SMILES string of the molecule is CO[C@H](COP(=O)(O)CP(=O)(O)O)[C@@H](O)[C@@H](O)n1cnc2c(NCc3ccccc3)nc(N3CCOCC3)nc21. The molecule has 1 saturated heterocycles. The zero-order valence-electron chi connectivity index (χ0n) is 21.6. The second-order valence-corrected chi connectivity index (χ2v) is 13.0. The number of rotatable bonds is 13. The molecule has 3 aromatic rings. The van der Waals surface area contributed by atoms with Crippen molar-refractivity contribution in [3.63, 3.8) is 0 Å². The number of aliphatic hydroxyl groups is 2. The summed E-state index contributed by atoms with van der Waals surface area (Å²) in [5.74, 6) is -0.637. The van der Waals surface area contributed by atoms with Gasteiger partial charge in [-0.3, -0.25) is 13.7 Å². The van der Waals surface area contributed by atoms with E-state index in [1.54, 1.807) is 0 Å². The fourth-order valence-corrected chi connectivity index (χ4v) is 6.60. The largest absolute Gasteiger partial charge is 0.386 e. The van der Waals surface area contributed by atoms with Crippen LogP contribution in [0.25, 0.3) is 11.2 Å². The lowest BCUT2D eigenvalue weighted by Gasteiger charge is -2.28. The lowest BCUT2D eigenvalue weighted by Crippen LogP contribution is -2.39. The average Bonchev–Trinajstić information content (AvgIpc) is 3.35. The minimum Gasteiger partial charge on any atom is -0.386 e. The third kappa shape index (κ3) is 7.83. The van der Waals surface area contributed by atoms with Crippen LogP contribution in [0.4, 0.5) is 11.8 Å². The summed E-state index contributed by atoms with van der Waals surface area (Å²) in [5.41, 5.74) is 1.52. The summed E-state index contributed by atoms with van der Waals surface area (Å²) in [4.78, 5) is 43.2. The number of methoxy groups -OCH3 is 1. The minimum atomic E-state index is -4.85. The Morgan fingerprint density at radius 1 is 1.10 bits per heavy atom. The molecule has 16 nitrogen and oxygen atoms in total. The molecule has 1 aliphatic rings. The van der Waals surface area contributed by atoms with Gasteiger partial charge in [0.15, 0.2) is 29.1 Å². The van der Waals surface area contributed by atoms with Gasteiger partial charge in [0.1, 0.15) is 12.2 Å². The van der Waals surface area contributed by atoms with Gasteiger partial charge in [0.05, 0.1) is 26.1 Å². The molecule has 0 amide bonds. The predicted molar refractivity (Wildman–Crippen MR) is 143 cm³/mol. The van der Waals surface area contributed by atoms with Crippen molar-refractivity contribution in [3.8, 4) is 0 Å². The van der Waals surface area contributed by atoms with Gasteiger partial charge in [0, 0.05) is 26.7 Å². The number of imidazole rings is 1. The topological polar surface area (TPSA) is 222 Å². The second kappa shape index (κ2) is 13.0. The van der Waals surface area contributed by atoms with Crippen LogP contribution in [0, 0.1) is 0 Å². The van der Waals surface area contributed by atoms with E-state index in [0.717, 1.165) is 5.56 Å². The Morgan fingerprint density at radius 3 is 2.45 bits per heavy atom. The first-order chi connectivity index (χ1) is 19.0. The van der Waals surface area contributed by atoms with Crippen molar-refractivity contribution in [1.82, 2.24) is 19.5 Å². The number of benzene rings is 1. The van der Waals surface area contributed by atoms with Gasteiger partial charge in [-0.05, 0) is 5.56 Å². The second-order valence-electron chi connectivity index (χ2n) is 9.05. The van der Waals surface area contributed by atoms with Gasteiger partial charge >= 0.3 is 15.2 Å². The summed E-state index contributed by atoms with van der Waals surface area (Å²) >= 11 is 0. The van der Waals surface area contributed by atoms with E-state index < -0.39 is 46.1 Å². The number of morpholine rings is 1. The highest BCUT2D eigenvalue weighted by Gasteiger charge is 2.35. The summed E-state index contributed by atoms with van der Waals surface area (Å²) in [6.07, 6.45) is -3.52. The molecule has 6 N–H and O–H groups in total. The van der Waals surface area contributed by atoms with E-state index in [0.29, 0.717) is 50.1 Å². The third-order valence-electron chi connectivity index (χ3n) is 6.08. The fraction of sp³-hybridized carbons (Fsp3) is 0.500. The molecule has 2 aromatic heterocycles. The number of anilines is 2. The van der Waals surface area contributed by atoms with Crippen molar-refractivity contribution in [2.24, 2.45) is 0 Å². The summed E-state index contributed by atoms with van der Waals surface area (Å²) < 4.78 is 39.7. The summed E-state index contributed by atoms with van der Waals surface area (Å²) in [7, 11) is -8.39. The van der Waals surface area contributed by atoms with Crippen molar-refractivity contribution in [2.45, 2.75) is 25.0 Å². The molecule has 18 heteroatoms. The fourth-order valence-electron chi connectivity index (χ4n) is 4.03. The monoisotopic (exact) mass is 602 g/mol. The van der Waals surface area contributed by atoms with E-state index in [9.17, 15) is 24.2 Å². The molecular formula is C22H32N6O10P2. The standard InChI is InChI=1S/C22H32N6O10P2/c1-36-16(12-38-40(34,35)14-39(31,32)33)18(29)21(30)28-13-24-17-19(23-11-15-5-3-2-4-6-15)25-22(26-20(17)28)27-7-9-37-10-8-27/h2-6,13,16,18,21,29-30H,7-12,14H2,1H3,(H,34,35)(H,23,25,26)(H2,31,32,33)/t16-,18-,21-/m1/s1. The van der Waals surface area contributed by atoms with E-state index in [1.165, 1.54) is 18.0 Å². The number of nitrogens with one attached hydrogen (secondary N) is 1. The van der Waals surface area contributed by atoms with Crippen LogP contribution in [-0.2, 0) is 29.7 Å². The lowest BCUT2D eigenvalue weighted by molar-refractivity contribution is -0.113. The maximum absolute atomic E-state index is 12.0. The van der Waals surface area contributed by atoms with Crippen molar-refractivity contribution < 1.29 is 48.0 Å². The van der Waals surface area contributed by atoms with Gasteiger partial charge in [0.2, 0.25) is 5.95 Å². The molecule has 0 aliphatic carbocycles. The molecule has 1 unspecified atom stereocenters. The van der Waals surface area contributed by atoms with Crippen LogP contribution in [-0.4, -0.2) is 103 Å². The van der Waals surface area contributed by atoms with Crippen LogP contribution in [0.1, 0.15) is 11.8 Å². The number of nitrogens with zero attached hydrogens (tertiary/aromatic N) is 5. The van der Waals surface area contributed by atoms with Crippen LogP contribution >= 0.6 is 15.2 Å². The maximum atomic E-state index is 12.0. The number of hydrogen-bond acceptors (Lipinski definition) is 12. The molecule has 4 rings (SSSR count). The molecule has 4 atom stereocenters. The van der Waals surface area contributed by atoms with E-state index >= 15 is 0 Å². The minimum absolute atomic E-state index is 0.198. The number of aliphatic hydroxyl groups excluding tert-OH is 2. The molecule has 220 valence electrons. The first kappa shape index (κ1) is 30.5. The van der Waals surface area contributed by atoms with E-state index in [1.807, 2.05) is 35.2 Å². The number of fused-ring (bicyclic) bond motifs is 1. The first-order valence-corrected chi connectivity index (χ1v) is 15.8. The third-order valence-corrected chi connectivity index (χ3v) is 9.54. The van der Waals surface area contributed by atoms with E-state index in [2.05, 4.69) is 20.3 Å². The van der Waals surface area contributed by atoms with Crippen LogP contribution < -0.4 is 10.2 Å². The highest BCUT2D eigenvalue weighted by Crippen LogP contribution is 2.55. The van der Waals surface area contributed by atoms with Crippen LogP contribution in [0.3, 0.4) is 0 Å². The zero-order chi connectivity index (χ0) is 28.9. The Morgan fingerprint density at radius 2 is 1.80 bits per heavy atom. The summed E-state index contributed by atoms with van der Waals surface area (Å²) in [5, 5.41) is 25.2. The Hall–Kier alpha value is -2.49. The molecule has 0 bridgehead atoms. The van der Waals surface area contributed by atoms with Crippen molar-refractivity contribution in [3.05, 3.63) is 42.2 Å². The van der Waals surface area contributed by atoms with Crippen LogP contribution in [0.15, 0.2) is 36.7 Å². The summed E-state index contributed by atoms with van der Waals surface area (Å²) in [6, 6.07) is 9.63. The number of hydrogen-bond donors (Lipinski definition) is 6. The Kier molecular flexibility index (Phi) is 9.90. The normalized spacial score (nSPS) is 18.3. The van der Waals surface area contributed by atoms with Crippen molar-refractivity contribution in [1.29, 1.82) is 0 Å². The summed E-state index contributed by atoms with van der Waals surface area (Å²) in [6.45, 7) is 1.76. The molecule has 0 saturated carbocycles. The molecule has 1 fully saturated rings. The smallest absolute Gasteiger partial charge is 0.340 e. The van der Waals surface area contributed by atoms with Gasteiger partial charge in [-0.25, -0.2) is 4.98 Å². The molecule has 0 spiro atoms. The zero-order valence-corrected chi connectivity index (χ0v) is 23.3. The molecular weight excluding hydrogens is 570 g/mol. The van der Waals surface area contributed by atoms with Gasteiger partial charge in [-0.2, -0.15) is 9.97 Å². The molecule has 1 aromatic carbocycles. The lowest BCUT2D eigenvalue weighted by atomic mass is 10.2.